The normalized spacial score (nSPS) is 17.5. The number of hydrogen-bond acceptors (Lipinski definition) is 10. The van der Waals surface area contributed by atoms with E-state index >= 15 is 0 Å². The first-order valence-corrected chi connectivity index (χ1v) is 14.8. The monoisotopic (exact) mass is 554 g/mol. The van der Waals surface area contributed by atoms with Crippen molar-refractivity contribution in [3.05, 3.63) is 71.6 Å². The van der Waals surface area contributed by atoms with Gasteiger partial charge in [0.1, 0.15) is 11.6 Å². The summed E-state index contributed by atoms with van der Waals surface area (Å²) in [6, 6.07) is 12.3. The van der Waals surface area contributed by atoms with E-state index in [1.54, 1.807) is 0 Å². The van der Waals surface area contributed by atoms with E-state index in [9.17, 15) is 4.79 Å². The third kappa shape index (κ3) is 7.11. The molecule has 0 unspecified atom stereocenters. The molecule has 0 amide bonds. The molecule has 1 aromatic carbocycles. The molecular weight excluding hydrogens is 520 g/mol. The molecular formula is C30H34N8OS. The van der Waals surface area contributed by atoms with Crippen molar-refractivity contribution in [1.29, 1.82) is 0 Å². The highest BCUT2D eigenvalue weighted by atomic mass is 32.2. The Bertz CT molecular complexity index is 1400. The molecule has 6 rings (SSSR count). The zero-order valence-electron chi connectivity index (χ0n) is 22.8. The number of piperazine rings is 1. The van der Waals surface area contributed by atoms with Gasteiger partial charge in [0.2, 0.25) is 11.9 Å². The largest absolute Gasteiger partial charge is 0.338 e. The molecule has 0 bridgehead atoms. The van der Waals surface area contributed by atoms with E-state index in [1.807, 2.05) is 42.7 Å². The molecule has 9 nitrogen and oxygen atoms in total. The quantitative estimate of drug-likeness (QED) is 0.397. The minimum absolute atomic E-state index is 0.287. The lowest BCUT2D eigenvalue weighted by Gasteiger charge is -2.34. The summed E-state index contributed by atoms with van der Waals surface area (Å²) in [6.45, 7) is 7.40. The summed E-state index contributed by atoms with van der Waals surface area (Å²) >= 11 is 1.51. The third-order valence-electron chi connectivity index (χ3n) is 7.39. The van der Waals surface area contributed by atoms with Crippen molar-refractivity contribution < 1.29 is 4.79 Å². The van der Waals surface area contributed by atoms with Crippen LogP contribution in [0.3, 0.4) is 0 Å². The predicted octanol–water partition coefficient (Wildman–Crippen LogP) is 4.07. The van der Waals surface area contributed by atoms with Crippen LogP contribution in [0.5, 0.6) is 0 Å². The Balaban J connectivity index is 1.13. The minimum atomic E-state index is 0.287. The van der Waals surface area contributed by atoms with E-state index in [0.29, 0.717) is 35.8 Å². The second-order valence-corrected chi connectivity index (χ2v) is 11.7. The standard InChI is InChI=1S/C30H34N8OS/c1-21-18-27(32-20-21)33-28-34-29(38-16-14-37(15-17-38)13-10-22-8-11-31-12-9-22)36-30(35-28)40-25-6-2-23(3-7-25)19-26(39)24-4-5-24/h2-3,6-9,11-12,18,24H,4-5,10,13-17,19-20H2,1H3,(H,32,33,34,35,36). The van der Waals surface area contributed by atoms with Crippen molar-refractivity contribution in [2.24, 2.45) is 10.9 Å². The molecule has 1 saturated heterocycles. The Morgan fingerprint density at radius 1 is 0.975 bits per heavy atom. The lowest BCUT2D eigenvalue weighted by Crippen LogP contribution is -2.47. The van der Waals surface area contributed by atoms with Crippen molar-refractivity contribution in [2.45, 2.75) is 42.7 Å². The number of pyridine rings is 1. The Morgan fingerprint density at radius 2 is 1.75 bits per heavy atom. The van der Waals surface area contributed by atoms with Gasteiger partial charge in [0.05, 0.1) is 6.54 Å². The van der Waals surface area contributed by atoms with Gasteiger partial charge >= 0.3 is 0 Å². The molecule has 2 aromatic heterocycles. The summed E-state index contributed by atoms with van der Waals surface area (Å²) in [5.41, 5.74) is 3.58. The number of aromatic nitrogens is 4. The molecule has 10 heteroatoms. The summed E-state index contributed by atoms with van der Waals surface area (Å²) in [7, 11) is 0. The number of amidine groups is 1. The van der Waals surface area contributed by atoms with Gasteiger partial charge in [-0.3, -0.25) is 19.7 Å². The molecule has 4 heterocycles. The van der Waals surface area contributed by atoms with Crippen molar-refractivity contribution in [3.63, 3.8) is 0 Å². The number of rotatable bonds is 10. The first-order chi connectivity index (χ1) is 19.6. The molecule has 2 aliphatic heterocycles. The zero-order chi connectivity index (χ0) is 27.3. The number of hydrogen-bond donors (Lipinski definition) is 1. The van der Waals surface area contributed by atoms with Gasteiger partial charge in [0, 0.05) is 62.4 Å². The average Bonchev–Trinajstić information content (AvgIpc) is 3.75. The topological polar surface area (TPSA) is 99.5 Å². The molecule has 1 aliphatic carbocycles. The van der Waals surface area contributed by atoms with Crippen molar-refractivity contribution in [2.75, 3.05) is 49.5 Å². The molecule has 2 fully saturated rings. The van der Waals surface area contributed by atoms with Gasteiger partial charge in [-0.25, -0.2) is 0 Å². The smallest absolute Gasteiger partial charge is 0.234 e. The number of Topliss-reactive ketones (excluding diaryl/α,β-unsaturated/α-hetero) is 1. The highest BCUT2D eigenvalue weighted by molar-refractivity contribution is 7.99. The Hall–Kier alpha value is -3.63. The summed E-state index contributed by atoms with van der Waals surface area (Å²) in [6.07, 6.45) is 9.37. The molecule has 1 saturated carbocycles. The lowest BCUT2D eigenvalue weighted by molar-refractivity contribution is -0.119. The van der Waals surface area contributed by atoms with E-state index in [1.165, 1.54) is 22.9 Å². The summed E-state index contributed by atoms with van der Waals surface area (Å²) < 4.78 is 0. The number of nitrogens with one attached hydrogen (secondary N) is 1. The number of anilines is 2. The minimum Gasteiger partial charge on any atom is -0.338 e. The number of nitrogens with zero attached hydrogens (tertiary/aromatic N) is 7. The van der Waals surface area contributed by atoms with E-state index in [0.717, 1.165) is 68.3 Å². The van der Waals surface area contributed by atoms with Crippen LogP contribution in [-0.2, 0) is 17.6 Å². The molecule has 1 N–H and O–H groups in total. The van der Waals surface area contributed by atoms with Crippen LogP contribution in [0, 0.1) is 5.92 Å². The third-order valence-corrected chi connectivity index (χ3v) is 8.26. The average molecular weight is 555 g/mol. The maximum Gasteiger partial charge on any atom is 0.234 e. The summed E-state index contributed by atoms with van der Waals surface area (Å²) in [4.78, 5) is 40.9. The Morgan fingerprint density at radius 3 is 2.45 bits per heavy atom. The van der Waals surface area contributed by atoms with Crippen LogP contribution < -0.4 is 10.2 Å². The van der Waals surface area contributed by atoms with Gasteiger partial charge < -0.3 is 10.2 Å². The van der Waals surface area contributed by atoms with Gasteiger partial charge in [-0.1, -0.05) is 12.1 Å². The van der Waals surface area contributed by atoms with Crippen LogP contribution in [0.1, 0.15) is 30.9 Å². The summed E-state index contributed by atoms with van der Waals surface area (Å²) in [5, 5.41) is 3.92. The van der Waals surface area contributed by atoms with E-state index < -0.39 is 0 Å². The van der Waals surface area contributed by atoms with Crippen molar-refractivity contribution >= 4 is 35.3 Å². The van der Waals surface area contributed by atoms with Crippen molar-refractivity contribution in [1.82, 2.24) is 24.8 Å². The second kappa shape index (κ2) is 12.3. The fourth-order valence-electron chi connectivity index (χ4n) is 4.85. The Kier molecular flexibility index (Phi) is 8.15. The molecule has 0 spiro atoms. The number of aliphatic imine (C=N–C) groups is 1. The van der Waals surface area contributed by atoms with Gasteiger partial charge in [-0.15, -0.1) is 0 Å². The van der Waals surface area contributed by atoms with Gasteiger partial charge in [0.25, 0.3) is 0 Å². The van der Waals surface area contributed by atoms with Crippen LogP contribution in [0.15, 0.2) is 75.5 Å². The zero-order valence-corrected chi connectivity index (χ0v) is 23.6. The predicted molar refractivity (Wildman–Crippen MR) is 158 cm³/mol. The van der Waals surface area contributed by atoms with Crippen LogP contribution in [0.25, 0.3) is 0 Å². The number of ketones is 1. The van der Waals surface area contributed by atoms with Gasteiger partial charge in [0.15, 0.2) is 5.16 Å². The molecule has 3 aromatic rings. The molecule has 40 heavy (non-hydrogen) atoms. The fraction of sp³-hybridized carbons (Fsp3) is 0.400. The van der Waals surface area contributed by atoms with Crippen LogP contribution in [0.4, 0.5) is 11.9 Å². The molecule has 206 valence electrons. The molecule has 3 aliphatic rings. The van der Waals surface area contributed by atoms with Crippen LogP contribution in [-0.4, -0.2) is 75.7 Å². The van der Waals surface area contributed by atoms with Gasteiger partial charge in [-0.2, -0.15) is 15.0 Å². The van der Waals surface area contributed by atoms with Crippen LogP contribution >= 0.6 is 11.8 Å². The summed E-state index contributed by atoms with van der Waals surface area (Å²) in [5.74, 6) is 2.60. The molecule has 0 radical (unpaired) electrons. The van der Waals surface area contributed by atoms with E-state index in [2.05, 4.69) is 44.1 Å². The maximum absolute atomic E-state index is 12.2. The van der Waals surface area contributed by atoms with E-state index in [-0.39, 0.29) is 5.92 Å². The van der Waals surface area contributed by atoms with Gasteiger partial charge in [-0.05, 0) is 85.0 Å². The fourth-order valence-corrected chi connectivity index (χ4v) is 5.60. The number of carbonyl (C=O) groups is 1. The maximum atomic E-state index is 12.2. The number of carbonyl (C=O) groups excluding carboxylic acids is 1. The van der Waals surface area contributed by atoms with E-state index in [4.69, 9.17) is 15.0 Å². The van der Waals surface area contributed by atoms with Crippen LogP contribution in [0.2, 0.25) is 0 Å². The second-order valence-electron chi connectivity index (χ2n) is 10.7. The lowest BCUT2D eigenvalue weighted by atomic mass is 10.1. The van der Waals surface area contributed by atoms with Crippen molar-refractivity contribution in [3.8, 4) is 0 Å². The highest BCUT2D eigenvalue weighted by Gasteiger charge is 2.29. The first-order valence-electron chi connectivity index (χ1n) is 14.0. The first kappa shape index (κ1) is 26.6. The number of benzene rings is 1. The Labute approximate surface area is 239 Å². The molecule has 0 atom stereocenters. The SMILES string of the molecule is CC1=CC(Nc2nc(Sc3ccc(CC(=O)C4CC4)cc3)nc(N3CCN(CCc4ccncc4)CC3)n2)=NC1. The highest BCUT2D eigenvalue weighted by Crippen LogP contribution is 2.32.